The highest BCUT2D eigenvalue weighted by Crippen LogP contribution is 2.15. The number of likely N-dealkylation sites (tertiary alicyclic amines) is 1. The minimum atomic E-state index is -1.08. The zero-order valence-electron chi connectivity index (χ0n) is 7.17. The molecule has 13 heavy (non-hydrogen) atoms. The predicted molar refractivity (Wildman–Crippen MR) is 44.1 cm³/mol. The molecule has 0 radical (unpaired) electrons. The molecule has 0 bridgehead atoms. The van der Waals surface area contributed by atoms with Gasteiger partial charge in [0.1, 0.15) is 18.7 Å². The molecular formula is C8H13NO4. The molecule has 2 N–H and O–H groups in total. The zero-order chi connectivity index (χ0) is 9.84. The number of rotatable bonds is 4. The molecule has 74 valence electrons. The molecule has 1 fully saturated rings. The molecule has 1 saturated heterocycles. The van der Waals surface area contributed by atoms with Crippen LogP contribution in [0.1, 0.15) is 6.42 Å². The average Bonchev–Trinajstić information content (AvgIpc) is 2.46. The summed E-state index contributed by atoms with van der Waals surface area (Å²) in [4.78, 5) is 22.3. The summed E-state index contributed by atoms with van der Waals surface area (Å²) < 4.78 is 0. The van der Waals surface area contributed by atoms with Crippen molar-refractivity contribution in [1.82, 2.24) is 4.90 Å². The minimum absolute atomic E-state index is 0.115. The van der Waals surface area contributed by atoms with Crippen LogP contribution in [0.4, 0.5) is 0 Å². The van der Waals surface area contributed by atoms with E-state index in [1.165, 1.54) is 0 Å². The van der Waals surface area contributed by atoms with E-state index in [0.29, 0.717) is 25.5 Å². The fraction of sp³-hybridized carbons (Fsp3) is 0.750. The second-order valence-electron chi connectivity index (χ2n) is 3.18. The summed E-state index contributed by atoms with van der Waals surface area (Å²) in [5.74, 6) is 0. The minimum Gasteiger partial charge on any atom is -0.391 e. The molecule has 0 aromatic rings. The lowest BCUT2D eigenvalue weighted by atomic mass is 10.2. The van der Waals surface area contributed by atoms with Crippen molar-refractivity contribution in [1.29, 1.82) is 0 Å². The lowest BCUT2D eigenvalue weighted by Gasteiger charge is -2.21. The van der Waals surface area contributed by atoms with Crippen molar-refractivity contribution < 1.29 is 19.8 Å². The van der Waals surface area contributed by atoms with Crippen LogP contribution in [-0.4, -0.2) is 59.0 Å². The molecule has 3 atom stereocenters. The van der Waals surface area contributed by atoms with Gasteiger partial charge in [-0.05, 0) is 6.42 Å². The van der Waals surface area contributed by atoms with Gasteiger partial charge in [0.2, 0.25) is 0 Å². The molecule has 0 saturated carbocycles. The van der Waals surface area contributed by atoms with Crippen molar-refractivity contribution in [2.75, 3.05) is 13.1 Å². The maximum Gasteiger partial charge on any atom is 0.149 e. The summed E-state index contributed by atoms with van der Waals surface area (Å²) in [6.45, 7) is 0.652. The molecule has 1 aliphatic heterocycles. The summed E-state index contributed by atoms with van der Waals surface area (Å²) in [5, 5.41) is 18.3. The Bertz CT molecular complexity index is 197. The summed E-state index contributed by atoms with van der Waals surface area (Å²) in [5.41, 5.74) is 0. The van der Waals surface area contributed by atoms with Crippen LogP contribution < -0.4 is 0 Å². The van der Waals surface area contributed by atoms with Gasteiger partial charge in [0.25, 0.3) is 0 Å². The number of carbonyl (C=O) groups excluding carboxylic acids is 2. The van der Waals surface area contributed by atoms with E-state index in [-0.39, 0.29) is 6.54 Å². The van der Waals surface area contributed by atoms with E-state index in [9.17, 15) is 14.7 Å². The SMILES string of the molecule is O=C[C@@H](O)CN1CC[C@H](O)[C@@H]1C=O. The van der Waals surface area contributed by atoms with Crippen LogP contribution in [0.3, 0.4) is 0 Å². The van der Waals surface area contributed by atoms with E-state index in [0.717, 1.165) is 0 Å². The van der Waals surface area contributed by atoms with Gasteiger partial charge >= 0.3 is 0 Å². The fourth-order valence-corrected chi connectivity index (χ4v) is 1.53. The van der Waals surface area contributed by atoms with Gasteiger partial charge < -0.3 is 19.8 Å². The molecule has 0 aromatic heterocycles. The van der Waals surface area contributed by atoms with Crippen LogP contribution in [0, 0.1) is 0 Å². The van der Waals surface area contributed by atoms with Crippen molar-refractivity contribution in [2.45, 2.75) is 24.7 Å². The van der Waals surface area contributed by atoms with Gasteiger partial charge in [0.05, 0.1) is 12.1 Å². The number of carbonyl (C=O) groups is 2. The molecular weight excluding hydrogens is 174 g/mol. The van der Waals surface area contributed by atoms with Crippen LogP contribution in [0.2, 0.25) is 0 Å². The van der Waals surface area contributed by atoms with E-state index < -0.39 is 18.2 Å². The highest BCUT2D eigenvalue weighted by molar-refractivity contribution is 5.60. The third-order valence-corrected chi connectivity index (χ3v) is 2.25. The van der Waals surface area contributed by atoms with Crippen LogP contribution in [0.25, 0.3) is 0 Å². The first-order chi connectivity index (χ1) is 6.19. The van der Waals surface area contributed by atoms with Crippen molar-refractivity contribution in [3.63, 3.8) is 0 Å². The molecule has 0 unspecified atom stereocenters. The Morgan fingerprint density at radius 2 is 2.23 bits per heavy atom. The molecule has 5 nitrogen and oxygen atoms in total. The Morgan fingerprint density at radius 3 is 2.77 bits per heavy atom. The van der Waals surface area contributed by atoms with Gasteiger partial charge in [-0.1, -0.05) is 0 Å². The van der Waals surface area contributed by atoms with Crippen molar-refractivity contribution in [2.24, 2.45) is 0 Å². The maximum atomic E-state index is 10.5. The van der Waals surface area contributed by atoms with E-state index in [1.807, 2.05) is 0 Å². The van der Waals surface area contributed by atoms with Crippen LogP contribution in [-0.2, 0) is 9.59 Å². The lowest BCUT2D eigenvalue weighted by molar-refractivity contribution is -0.119. The Morgan fingerprint density at radius 1 is 1.54 bits per heavy atom. The number of aliphatic hydroxyl groups excluding tert-OH is 2. The van der Waals surface area contributed by atoms with Crippen LogP contribution >= 0.6 is 0 Å². The second-order valence-corrected chi connectivity index (χ2v) is 3.18. The van der Waals surface area contributed by atoms with Crippen molar-refractivity contribution in [3.8, 4) is 0 Å². The number of hydrogen-bond donors (Lipinski definition) is 2. The third-order valence-electron chi connectivity index (χ3n) is 2.25. The van der Waals surface area contributed by atoms with Gasteiger partial charge in [-0.3, -0.25) is 4.90 Å². The third kappa shape index (κ3) is 2.33. The monoisotopic (exact) mass is 187 g/mol. The lowest BCUT2D eigenvalue weighted by Crippen LogP contribution is -2.41. The Labute approximate surface area is 76.0 Å². The van der Waals surface area contributed by atoms with Crippen LogP contribution in [0.5, 0.6) is 0 Å². The zero-order valence-corrected chi connectivity index (χ0v) is 7.17. The van der Waals surface area contributed by atoms with E-state index in [2.05, 4.69) is 0 Å². The van der Waals surface area contributed by atoms with Crippen molar-refractivity contribution in [3.05, 3.63) is 0 Å². The largest absolute Gasteiger partial charge is 0.391 e. The molecule has 0 aromatic carbocycles. The first-order valence-electron chi connectivity index (χ1n) is 4.19. The molecule has 1 rings (SSSR count). The van der Waals surface area contributed by atoms with Gasteiger partial charge in [-0.25, -0.2) is 0 Å². The quantitative estimate of drug-likeness (QED) is 0.507. The number of β-amino-alcohol motifs (C(OH)–C–C–N with tert-alkyl or cyclic N) is 1. The topological polar surface area (TPSA) is 77.8 Å². The van der Waals surface area contributed by atoms with Crippen LogP contribution in [0.15, 0.2) is 0 Å². The maximum absolute atomic E-state index is 10.5. The number of aliphatic hydroxyl groups is 2. The smallest absolute Gasteiger partial charge is 0.149 e. The average molecular weight is 187 g/mol. The second kappa shape index (κ2) is 4.45. The Balaban J connectivity index is 2.50. The number of hydrogen-bond acceptors (Lipinski definition) is 5. The van der Waals surface area contributed by atoms with E-state index in [4.69, 9.17) is 5.11 Å². The molecule has 1 aliphatic rings. The molecule has 0 amide bonds. The van der Waals surface area contributed by atoms with E-state index in [1.54, 1.807) is 4.90 Å². The highest BCUT2D eigenvalue weighted by atomic mass is 16.3. The first-order valence-corrected chi connectivity index (χ1v) is 4.19. The summed E-state index contributed by atoms with van der Waals surface area (Å²) in [6.07, 6.45) is -0.166. The first kappa shape index (κ1) is 10.3. The van der Waals surface area contributed by atoms with Gasteiger partial charge in [-0.2, -0.15) is 0 Å². The van der Waals surface area contributed by atoms with Gasteiger partial charge in [0, 0.05) is 13.1 Å². The molecule has 0 spiro atoms. The van der Waals surface area contributed by atoms with E-state index >= 15 is 0 Å². The fourth-order valence-electron chi connectivity index (χ4n) is 1.53. The molecule has 0 aliphatic carbocycles. The molecule has 1 heterocycles. The highest BCUT2D eigenvalue weighted by Gasteiger charge is 2.33. The van der Waals surface area contributed by atoms with Gasteiger partial charge in [0.15, 0.2) is 0 Å². The molecule has 5 heteroatoms. The van der Waals surface area contributed by atoms with Gasteiger partial charge in [-0.15, -0.1) is 0 Å². The summed E-state index contributed by atoms with van der Waals surface area (Å²) >= 11 is 0. The summed E-state index contributed by atoms with van der Waals surface area (Å²) in [7, 11) is 0. The Kier molecular flexibility index (Phi) is 3.53. The summed E-state index contributed by atoms with van der Waals surface area (Å²) in [6, 6.07) is -0.574. The predicted octanol–water partition coefficient (Wildman–Crippen LogP) is -1.82. The van der Waals surface area contributed by atoms with Crippen molar-refractivity contribution >= 4 is 12.6 Å². The Hall–Kier alpha value is -0.780. The number of nitrogens with zero attached hydrogens (tertiary/aromatic N) is 1. The number of aldehydes is 2. The standard InChI is InChI=1S/C8H13NO4/c10-4-6(12)3-9-2-1-8(13)7(9)5-11/h4-8,12-13H,1-3H2/t6-,7-,8-/m0/s1. The normalized spacial score (nSPS) is 31.5.